The van der Waals surface area contributed by atoms with E-state index in [-0.39, 0.29) is 5.41 Å². The molecule has 1 spiro atoms. The van der Waals surface area contributed by atoms with Crippen LogP contribution in [0.1, 0.15) is 44.9 Å². The Kier molecular flexibility index (Phi) is 2.98. The lowest BCUT2D eigenvalue weighted by atomic mass is 9.80. The van der Waals surface area contributed by atoms with Crippen molar-refractivity contribution in [2.45, 2.75) is 51.0 Å². The van der Waals surface area contributed by atoms with Crippen molar-refractivity contribution >= 4 is 9.84 Å². The van der Waals surface area contributed by atoms with Gasteiger partial charge in [-0.2, -0.15) is 0 Å². The van der Waals surface area contributed by atoms with Gasteiger partial charge in [0.2, 0.25) is 0 Å². The van der Waals surface area contributed by atoms with E-state index in [0.717, 1.165) is 32.0 Å². The minimum atomic E-state index is -2.65. The lowest BCUT2D eigenvalue weighted by Gasteiger charge is -2.49. The topological polar surface area (TPSA) is 37.4 Å². The molecule has 0 N–H and O–H groups in total. The number of nitrogens with zero attached hydrogens (tertiary/aromatic N) is 1. The van der Waals surface area contributed by atoms with Crippen molar-refractivity contribution in [2.75, 3.05) is 24.6 Å². The van der Waals surface area contributed by atoms with Crippen molar-refractivity contribution in [3.8, 4) is 0 Å². The molecule has 1 saturated carbocycles. The van der Waals surface area contributed by atoms with E-state index in [1.165, 1.54) is 32.1 Å². The maximum atomic E-state index is 11.3. The van der Waals surface area contributed by atoms with Crippen LogP contribution in [0.3, 0.4) is 0 Å². The average molecular weight is 257 g/mol. The molecular formula is C13H23NO2S. The molecule has 2 aliphatic heterocycles. The highest BCUT2D eigenvalue weighted by atomic mass is 32.2. The fraction of sp³-hybridized carbons (Fsp3) is 1.00. The Morgan fingerprint density at radius 3 is 2.06 bits per heavy atom. The van der Waals surface area contributed by atoms with E-state index in [1.807, 2.05) is 0 Å². The summed E-state index contributed by atoms with van der Waals surface area (Å²) in [4.78, 5) is 2.63. The Morgan fingerprint density at radius 2 is 1.53 bits per heavy atom. The fourth-order valence-electron chi connectivity index (χ4n) is 3.99. The summed E-state index contributed by atoms with van der Waals surface area (Å²) in [5.74, 6) is 0.941. The van der Waals surface area contributed by atoms with Gasteiger partial charge < -0.3 is 4.90 Å². The van der Waals surface area contributed by atoms with Crippen molar-refractivity contribution in [3.05, 3.63) is 0 Å². The number of hydrogen-bond acceptors (Lipinski definition) is 3. The summed E-state index contributed by atoms with van der Waals surface area (Å²) >= 11 is 0. The molecule has 3 fully saturated rings. The monoisotopic (exact) mass is 257 g/mol. The molecule has 3 nitrogen and oxygen atoms in total. The van der Waals surface area contributed by atoms with Crippen molar-refractivity contribution < 1.29 is 8.42 Å². The number of rotatable bonds is 1. The molecule has 3 rings (SSSR count). The first-order valence-corrected chi connectivity index (χ1v) is 8.85. The van der Waals surface area contributed by atoms with Crippen molar-refractivity contribution in [3.63, 3.8) is 0 Å². The molecule has 17 heavy (non-hydrogen) atoms. The molecule has 2 saturated heterocycles. The Hall–Kier alpha value is -0.0900. The molecule has 0 aromatic rings. The predicted octanol–water partition coefficient (Wildman–Crippen LogP) is 1.83. The molecule has 4 heteroatoms. The number of likely N-dealkylation sites (tertiary alicyclic amines) is 1. The van der Waals surface area contributed by atoms with E-state index in [1.54, 1.807) is 0 Å². The van der Waals surface area contributed by atoms with E-state index in [0.29, 0.717) is 11.5 Å². The van der Waals surface area contributed by atoms with Crippen molar-refractivity contribution in [2.24, 2.45) is 5.41 Å². The second kappa shape index (κ2) is 4.23. The summed E-state index contributed by atoms with van der Waals surface area (Å²) in [6.07, 6.45) is 9.15. The van der Waals surface area contributed by atoms with Crippen molar-refractivity contribution in [1.29, 1.82) is 0 Å². The molecule has 0 amide bonds. The van der Waals surface area contributed by atoms with Crippen molar-refractivity contribution in [1.82, 2.24) is 4.90 Å². The molecule has 3 aliphatic rings. The zero-order valence-electron chi connectivity index (χ0n) is 10.5. The van der Waals surface area contributed by atoms with E-state index < -0.39 is 9.84 Å². The van der Waals surface area contributed by atoms with Crippen LogP contribution in [0.15, 0.2) is 0 Å². The maximum absolute atomic E-state index is 11.3. The molecule has 1 aliphatic carbocycles. The van der Waals surface area contributed by atoms with E-state index in [9.17, 15) is 8.42 Å². The summed E-state index contributed by atoms with van der Waals surface area (Å²) in [6, 6.07) is 0.804. The largest absolute Gasteiger partial charge is 0.300 e. The van der Waals surface area contributed by atoms with Gasteiger partial charge in [-0.3, -0.25) is 0 Å². The third kappa shape index (κ3) is 2.39. The molecule has 0 unspecified atom stereocenters. The third-order valence-corrected chi connectivity index (χ3v) is 7.11. The normalized spacial score (nSPS) is 33.4. The SMILES string of the molecule is O=S1(=O)CC2(CCN(C3CCCCC3)CC2)C1. The van der Waals surface area contributed by atoms with Crippen LogP contribution in [-0.4, -0.2) is 44.0 Å². The third-order valence-electron chi connectivity index (χ3n) is 5.00. The zero-order chi connectivity index (χ0) is 11.9. The minimum Gasteiger partial charge on any atom is -0.300 e. The maximum Gasteiger partial charge on any atom is 0.151 e. The van der Waals surface area contributed by atoms with Crippen LogP contribution in [0.4, 0.5) is 0 Å². The van der Waals surface area contributed by atoms with Gasteiger partial charge in [0.15, 0.2) is 9.84 Å². The molecule has 0 radical (unpaired) electrons. The molecule has 0 aromatic carbocycles. The average Bonchev–Trinajstić information content (AvgIpc) is 2.29. The van der Waals surface area contributed by atoms with Crippen LogP contribution in [0.5, 0.6) is 0 Å². The summed E-state index contributed by atoms with van der Waals surface area (Å²) in [5.41, 5.74) is 0.185. The molecular weight excluding hydrogens is 234 g/mol. The Labute approximate surface area is 104 Å². The highest BCUT2D eigenvalue weighted by Crippen LogP contribution is 2.43. The lowest BCUT2D eigenvalue weighted by molar-refractivity contribution is 0.0725. The molecule has 98 valence electrons. The second-order valence-corrected chi connectivity index (χ2v) is 8.42. The quantitative estimate of drug-likeness (QED) is 0.719. The highest BCUT2D eigenvalue weighted by Gasteiger charge is 2.49. The Bertz CT molecular complexity index is 362. The van der Waals surface area contributed by atoms with Crippen LogP contribution in [0.2, 0.25) is 0 Å². The van der Waals surface area contributed by atoms with Crippen LogP contribution in [0, 0.1) is 5.41 Å². The first-order chi connectivity index (χ1) is 8.09. The standard InChI is InChI=1S/C13H23NO2S/c15-17(16)10-13(11-17)6-8-14(9-7-13)12-4-2-1-3-5-12/h12H,1-11H2. The smallest absolute Gasteiger partial charge is 0.151 e. The minimum absolute atomic E-state index is 0.185. The summed E-state index contributed by atoms with van der Waals surface area (Å²) in [6.45, 7) is 2.28. The molecule has 0 bridgehead atoms. The fourth-order valence-corrected chi connectivity index (χ4v) is 6.35. The van der Waals surface area contributed by atoms with Gasteiger partial charge in [0.25, 0.3) is 0 Å². The molecule has 0 atom stereocenters. The molecule has 0 aromatic heterocycles. The Balaban J connectivity index is 1.54. The summed E-state index contributed by atoms with van der Waals surface area (Å²) in [5, 5.41) is 0. The summed E-state index contributed by atoms with van der Waals surface area (Å²) in [7, 11) is -2.65. The molecule has 2 heterocycles. The van der Waals surface area contributed by atoms with Crippen LogP contribution >= 0.6 is 0 Å². The van der Waals surface area contributed by atoms with Gasteiger partial charge in [-0.05, 0) is 38.8 Å². The van der Waals surface area contributed by atoms with Crippen LogP contribution < -0.4 is 0 Å². The van der Waals surface area contributed by atoms with Crippen LogP contribution in [0.25, 0.3) is 0 Å². The zero-order valence-corrected chi connectivity index (χ0v) is 11.3. The first-order valence-electron chi connectivity index (χ1n) is 7.03. The van der Waals surface area contributed by atoms with Gasteiger partial charge >= 0.3 is 0 Å². The van der Waals surface area contributed by atoms with E-state index in [2.05, 4.69) is 4.90 Å². The van der Waals surface area contributed by atoms with E-state index in [4.69, 9.17) is 0 Å². The number of piperidine rings is 1. The number of sulfone groups is 1. The van der Waals surface area contributed by atoms with Gasteiger partial charge in [-0.15, -0.1) is 0 Å². The highest BCUT2D eigenvalue weighted by molar-refractivity contribution is 7.92. The Morgan fingerprint density at radius 1 is 0.941 bits per heavy atom. The first kappa shape index (κ1) is 12.0. The van der Waals surface area contributed by atoms with Gasteiger partial charge in [-0.1, -0.05) is 19.3 Å². The predicted molar refractivity (Wildman–Crippen MR) is 68.8 cm³/mol. The van der Waals surface area contributed by atoms with Gasteiger partial charge in [0.05, 0.1) is 11.5 Å². The number of hydrogen-bond donors (Lipinski definition) is 0. The lowest BCUT2D eigenvalue weighted by Crippen LogP contribution is -2.56. The van der Waals surface area contributed by atoms with Gasteiger partial charge in [-0.25, -0.2) is 8.42 Å². The van der Waals surface area contributed by atoms with Crippen LogP contribution in [-0.2, 0) is 9.84 Å². The summed E-state index contributed by atoms with van der Waals surface area (Å²) < 4.78 is 22.7. The van der Waals surface area contributed by atoms with Gasteiger partial charge in [0.1, 0.15) is 0 Å². The van der Waals surface area contributed by atoms with Gasteiger partial charge in [0, 0.05) is 11.5 Å². The van der Waals surface area contributed by atoms with E-state index >= 15 is 0 Å². The second-order valence-electron chi connectivity index (χ2n) is 6.36.